The number of carbonyl (C=O) groups is 6. The monoisotopic (exact) mass is 725 g/mol. The summed E-state index contributed by atoms with van der Waals surface area (Å²) in [6, 6.07) is 15.5. The number of carbonyl (C=O) groups excluding carboxylic acids is 6. The number of aromatic amines is 1. The maximum absolute atomic E-state index is 14.1. The minimum atomic E-state index is -1.06. The number of anilines is 2. The van der Waals surface area contributed by atoms with Crippen molar-refractivity contribution in [2.45, 2.75) is 57.9 Å². The zero-order valence-corrected chi connectivity index (χ0v) is 30.3. The van der Waals surface area contributed by atoms with E-state index in [-0.39, 0.29) is 48.6 Å². The maximum Gasteiger partial charge on any atom is 0.264 e. The number of nitrogens with zero attached hydrogens (tertiary/aromatic N) is 4. The van der Waals surface area contributed by atoms with E-state index in [1.165, 1.54) is 6.07 Å². The molecule has 274 valence electrons. The van der Waals surface area contributed by atoms with Crippen LogP contribution in [-0.2, 0) is 26.2 Å². The van der Waals surface area contributed by atoms with Gasteiger partial charge in [-0.3, -0.25) is 39.0 Å². The highest BCUT2D eigenvalue weighted by atomic mass is 16.2. The summed E-state index contributed by atoms with van der Waals surface area (Å²) < 4.78 is 0. The van der Waals surface area contributed by atoms with Gasteiger partial charge in [0.05, 0.1) is 28.3 Å². The number of H-pyrrole nitrogens is 1. The number of nitriles is 1. The molecule has 0 radical (unpaired) electrons. The molecule has 8 rings (SSSR count). The molecular weight excluding hydrogens is 686 g/mol. The standard InChI is InChI=1S/C41H39N7O6/c1-4-23-19-26-27(41(2,3)37-35(36(26)51)24-9-8-22(21-42)18-29(24)44-37)20-31(23)46-14-16-47(17-15-46)33(50)12-13-43-28-7-5-6-25-34(28)40(54)48(39(25)53)30-10-11-32(49)45-38(30)52/h5-9,18-20,30,43-44H,4,10-17H2,1-3H3,(H,45,49,52). The molecule has 1 aliphatic carbocycles. The minimum absolute atomic E-state index is 0.0244. The predicted octanol–water partition coefficient (Wildman–Crippen LogP) is 4.02. The number of hydrogen-bond acceptors (Lipinski definition) is 9. The van der Waals surface area contributed by atoms with Gasteiger partial charge in [-0.05, 0) is 60.4 Å². The summed E-state index contributed by atoms with van der Waals surface area (Å²) in [4.78, 5) is 86.7. The number of fused-ring (bicyclic) bond motifs is 5. The lowest BCUT2D eigenvalue weighted by atomic mass is 9.70. The van der Waals surface area contributed by atoms with E-state index in [0.29, 0.717) is 48.6 Å². The van der Waals surface area contributed by atoms with Crippen LogP contribution >= 0.6 is 0 Å². The molecule has 0 bridgehead atoms. The number of amides is 5. The van der Waals surface area contributed by atoms with Crippen LogP contribution in [0.3, 0.4) is 0 Å². The molecule has 3 N–H and O–H groups in total. The normalized spacial score (nSPS) is 19.0. The summed E-state index contributed by atoms with van der Waals surface area (Å²) in [5.74, 6) is -2.36. The summed E-state index contributed by atoms with van der Waals surface area (Å²) in [7, 11) is 0. The number of aromatic nitrogens is 1. The van der Waals surface area contributed by atoms with E-state index in [0.717, 1.165) is 44.7 Å². The van der Waals surface area contributed by atoms with Crippen molar-refractivity contribution in [1.29, 1.82) is 5.26 Å². The van der Waals surface area contributed by atoms with Crippen LogP contribution < -0.4 is 15.5 Å². The van der Waals surface area contributed by atoms with Gasteiger partial charge in [-0.1, -0.05) is 32.9 Å². The first-order valence-corrected chi connectivity index (χ1v) is 18.3. The molecule has 2 fully saturated rings. The lowest BCUT2D eigenvalue weighted by Crippen LogP contribution is -2.54. The van der Waals surface area contributed by atoms with E-state index in [9.17, 15) is 34.0 Å². The molecule has 1 atom stereocenters. The molecule has 13 heteroatoms. The van der Waals surface area contributed by atoms with E-state index in [1.807, 2.05) is 17.0 Å². The number of benzene rings is 3. The third-order valence-electron chi connectivity index (χ3n) is 11.4. The van der Waals surface area contributed by atoms with Gasteiger partial charge in [0.1, 0.15) is 6.04 Å². The number of hydrogen-bond donors (Lipinski definition) is 3. The van der Waals surface area contributed by atoms with Crippen molar-refractivity contribution >= 4 is 57.6 Å². The van der Waals surface area contributed by atoms with Gasteiger partial charge in [0, 0.05) is 84.5 Å². The summed E-state index contributed by atoms with van der Waals surface area (Å²) in [6.45, 7) is 8.81. The molecule has 0 saturated carbocycles. The lowest BCUT2D eigenvalue weighted by molar-refractivity contribution is -0.136. The van der Waals surface area contributed by atoms with Crippen LogP contribution in [0.15, 0.2) is 48.5 Å². The highest BCUT2D eigenvalue weighted by molar-refractivity contribution is 6.25. The van der Waals surface area contributed by atoms with E-state index in [4.69, 9.17) is 0 Å². The number of ketones is 1. The largest absolute Gasteiger partial charge is 0.384 e. The first-order chi connectivity index (χ1) is 25.9. The van der Waals surface area contributed by atoms with Crippen LogP contribution in [0, 0.1) is 11.3 Å². The van der Waals surface area contributed by atoms with Crippen molar-refractivity contribution in [2.75, 3.05) is 42.9 Å². The van der Waals surface area contributed by atoms with Crippen LogP contribution in [-0.4, -0.2) is 88.9 Å². The smallest absolute Gasteiger partial charge is 0.264 e. The molecule has 3 aromatic carbocycles. The van der Waals surface area contributed by atoms with Crippen molar-refractivity contribution in [3.63, 3.8) is 0 Å². The van der Waals surface area contributed by atoms with Crippen molar-refractivity contribution in [3.8, 4) is 6.07 Å². The number of aryl methyl sites for hydroxylation is 1. The quantitative estimate of drug-likeness (QED) is 0.238. The Labute approximate surface area is 311 Å². The topological polar surface area (TPSA) is 176 Å². The second-order valence-corrected chi connectivity index (χ2v) is 14.8. The first-order valence-electron chi connectivity index (χ1n) is 18.3. The number of piperazine rings is 1. The van der Waals surface area contributed by atoms with Crippen molar-refractivity contribution in [2.24, 2.45) is 0 Å². The van der Waals surface area contributed by atoms with Gasteiger partial charge in [-0.15, -0.1) is 0 Å². The van der Waals surface area contributed by atoms with Crippen LogP contribution in [0.25, 0.3) is 10.9 Å². The van der Waals surface area contributed by atoms with Crippen LogP contribution in [0.1, 0.15) is 99.1 Å². The molecular formula is C41H39N7O6. The predicted molar refractivity (Wildman–Crippen MR) is 199 cm³/mol. The summed E-state index contributed by atoms with van der Waals surface area (Å²) >= 11 is 0. The Bertz CT molecular complexity index is 2380. The zero-order valence-electron chi connectivity index (χ0n) is 30.3. The fraction of sp³-hybridized carbons (Fsp3) is 0.341. The third-order valence-corrected chi connectivity index (χ3v) is 11.4. The number of piperidine rings is 1. The van der Waals surface area contributed by atoms with Crippen molar-refractivity contribution in [1.82, 2.24) is 20.1 Å². The molecule has 5 amide bonds. The fourth-order valence-electron chi connectivity index (χ4n) is 8.48. The molecule has 4 aliphatic rings. The van der Waals surface area contributed by atoms with E-state index < -0.39 is 35.1 Å². The number of rotatable bonds is 7. The molecule has 2 saturated heterocycles. The second kappa shape index (κ2) is 13.0. The average Bonchev–Trinajstić information content (AvgIpc) is 3.69. The molecule has 0 spiro atoms. The van der Waals surface area contributed by atoms with Gasteiger partial charge in [0.15, 0.2) is 5.78 Å². The first kappa shape index (κ1) is 34.8. The molecule has 13 nitrogen and oxygen atoms in total. The highest BCUT2D eigenvalue weighted by Gasteiger charge is 2.46. The third kappa shape index (κ3) is 5.43. The molecule has 1 aromatic heterocycles. The molecule has 4 heterocycles. The van der Waals surface area contributed by atoms with Crippen molar-refractivity contribution in [3.05, 3.63) is 93.2 Å². The second-order valence-electron chi connectivity index (χ2n) is 14.8. The minimum Gasteiger partial charge on any atom is -0.384 e. The summed E-state index contributed by atoms with van der Waals surface area (Å²) in [5, 5.41) is 15.6. The Balaban J connectivity index is 0.933. The Morgan fingerprint density at radius 3 is 2.46 bits per heavy atom. The van der Waals surface area contributed by atoms with Gasteiger partial charge < -0.3 is 20.1 Å². The van der Waals surface area contributed by atoms with Gasteiger partial charge in [-0.25, -0.2) is 0 Å². The Morgan fingerprint density at radius 2 is 1.74 bits per heavy atom. The van der Waals surface area contributed by atoms with Gasteiger partial charge in [0.2, 0.25) is 17.7 Å². The SMILES string of the molecule is CCc1cc2c(cc1N1CCN(C(=O)CCNc3cccc4c3C(=O)N(C3CCC(=O)NC3=O)C4=O)CC1)C(C)(C)c1[nH]c3cc(C#N)ccc3c1C2=O. The summed E-state index contributed by atoms with van der Waals surface area (Å²) in [6.07, 6.45) is 1.01. The Kier molecular flexibility index (Phi) is 8.36. The average molecular weight is 726 g/mol. The number of imide groups is 2. The molecule has 4 aromatic rings. The zero-order chi connectivity index (χ0) is 38.1. The molecule has 3 aliphatic heterocycles. The van der Waals surface area contributed by atoms with Crippen molar-refractivity contribution < 1.29 is 28.8 Å². The number of nitrogens with one attached hydrogen (secondary N) is 3. The Hall–Kier alpha value is -6.29. The van der Waals surface area contributed by atoms with E-state index >= 15 is 0 Å². The van der Waals surface area contributed by atoms with Crippen LogP contribution in [0.5, 0.6) is 0 Å². The van der Waals surface area contributed by atoms with Gasteiger partial charge >= 0.3 is 0 Å². The van der Waals surface area contributed by atoms with Gasteiger partial charge in [-0.2, -0.15) is 5.26 Å². The lowest BCUT2D eigenvalue weighted by Gasteiger charge is -2.39. The fourth-order valence-corrected chi connectivity index (χ4v) is 8.48. The van der Waals surface area contributed by atoms with Crippen LogP contribution in [0.4, 0.5) is 11.4 Å². The van der Waals surface area contributed by atoms with E-state index in [2.05, 4.69) is 53.4 Å². The summed E-state index contributed by atoms with van der Waals surface area (Å²) in [5.41, 5.74) is 6.80. The highest BCUT2D eigenvalue weighted by Crippen LogP contribution is 2.46. The van der Waals surface area contributed by atoms with Gasteiger partial charge in [0.25, 0.3) is 11.8 Å². The Morgan fingerprint density at radius 1 is 0.963 bits per heavy atom. The molecule has 1 unspecified atom stereocenters. The maximum atomic E-state index is 14.1. The van der Waals surface area contributed by atoms with Crippen LogP contribution in [0.2, 0.25) is 0 Å². The molecule has 54 heavy (non-hydrogen) atoms. The van der Waals surface area contributed by atoms with E-state index in [1.54, 1.807) is 24.3 Å².